The van der Waals surface area contributed by atoms with Crippen LogP contribution in [0, 0.1) is 0 Å². The van der Waals surface area contributed by atoms with Gasteiger partial charge in [-0.25, -0.2) is 4.98 Å². The Bertz CT molecular complexity index is 456. The van der Waals surface area contributed by atoms with Crippen molar-refractivity contribution in [1.29, 1.82) is 0 Å². The first-order valence-electron chi connectivity index (χ1n) is 7.78. The molecule has 1 aromatic rings. The van der Waals surface area contributed by atoms with Gasteiger partial charge in [-0.1, -0.05) is 5.16 Å². The van der Waals surface area contributed by atoms with Crippen LogP contribution in [0.25, 0.3) is 0 Å². The van der Waals surface area contributed by atoms with Gasteiger partial charge >= 0.3 is 0 Å². The lowest BCUT2D eigenvalue weighted by Crippen LogP contribution is -2.23. The molecule has 0 saturated carbocycles. The average Bonchev–Trinajstić information content (AvgIpc) is 2.56. The topological polar surface area (TPSA) is 62.2 Å². The number of rotatable bonds is 8. The molecule has 1 fully saturated rings. The van der Waals surface area contributed by atoms with E-state index in [4.69, 9.17) is 19.0 Å². The van der Waals surface area contributed by atoms with Gasteiger partial charge in [0.25, 0.3) is 0 Å². The van der Waals surface area contributed by atoms with E-state index in [1.807, 2.05) is 26.0 Å². The second-order valence-corrected chi connectivity index (χ2v) is 4.99. The zero-order valence-electron chi connectivity index (χ0n) is 13.3. The van der Waals surface area contributed by atoms with Crippen LogP contribution >= 0.6 is 0 Å². The van der Waals surface area contributed by atoms with Gasteiger partial charge in [0.15, 0.2) is 6.29 Å². The number of aromatic nitrogens is 1. The maximum Gasteiger partial charge on any atom is 0.213 e. The summed E-state index contributed by atoms with van der Waals surface area (Å²) in [4.78, 5) is 9.46. The predicted octanol–water partition coefficient (Wildman–Crippen LogP) is 2.76. The molecule has 1 unspecified atom stereocenters. The number of pyridine rings is 1. The lowest BCUT2D eigenvalue weighted by atomic mass is 10.2. The molecular weight excluding hydrogens is 284 g/mol. The van der Waals surface area contributed by atoms with E-state index < -0.39 is 0 Å². The van der Waals surface area contributed by atoms with Gasteiger partial charge in [0, 0.05) is 24.4 Å². The summed E-state index contributed by atoms with van der Waals surface area (Å²) >= 11 is 0. The molecule has 1 aliphatic rings. The fraction of sp³-hybridized carbons (Fsp3) is 0.625. The Morgan fingerprint density at radius 1 is 1.36 bits per heavy atom. The number of oxime groups is 1. The molecule has 0 N–H and O–H groups in total. The van der Waals surface area contributed by atoms with Crippen LogP contribution < -0.4 is 4.74 Å². The summed E-state index contributed by atoms with van der Waals surface area (Å²) in [5.74, 6) is 0.612. The van der Waals surface area contributed by atoms with E-state index in [0.29, 0.717) is 25.7 Å². The van der Waals surface area contributed by atoms with E-state index in [1.54, 1.807) is 6.20 Å². The van der Waals surface area contributed by atoms with Gasteiger partial charge in [0.05, 0.1) is 18.9 Å². The lowest BCUT2D eigenvalue weighted by Gasteiger charge is -2.22. The van der Waals surface area contributed by atoms with Crippen molar-refractivity contribution in [3.63, 3.8) is 0 Å². The summed E-state index contributed by atoms with van der Waals surface area (Å²) in [7, 11) is 0. The third-order valence-corrected chi connectivity index (χ3v) is 3.26. The predicted molar refractivity (Wildman–Crippen MR) is 83.1 cm³/mol. The zero-order chi connectivity index (χ0) is 15.6. The highest BCUT2D eigenvalue weighted by Crippen LogP contribution is 2.13. The summed E-state index contributed by atoms with van der Waals surface area (Å²) in [6, 6.07) is 3.73. The number of hydrogen-bond donors (Lipinski definition) is 0. The minimum atomic E-state index is -0.0854. The summed E-state index contributed by atoms with van der Waals surface area (Å²) < 4.78 is 16.3. The van der Waals surface area contributed by atoms with Gasteiger partial charge in [-0.2, -0.15) is 0 Å². The molecule has 1 aromatic heterocycles. The molecule has 0 amide bonds. The molecule has 6 heteroatoms. The third kappa shape index (κ3) is 5.61. The highest BCUT2D eigenvalue weighted by atomic mass is 16.7. The largest absolute Gasteiger partial charge is 0.478 e. The van der Waals surface area contributed by atoms with Crippen molar-refractivity contribution >= 4 is 5.71 Å². The molecule has 0 radical (unpaired) electrons. The SMILES string of the molecule is CCOc1ccc(C(C)=NOCCOC2CCCCO2)cn1. The molecule has 1 saturated heterocycles. The van der Waals surface area contributed by atoms with Crippen molar-refractivity contribution in [3.8, 4) is 5.88 Å². The smallest absolute Gasteiger partial charge is 0.213 e. The van der Waals surface area contributed by atoms with E-state index in [1.165, 1.54) is 0 Å². The zero-order valence-corrected chi connectivity index (χ0v) is 13.3. The molecule has 0 aromatic carbocycles. The van der Waals surface area contributed by atoms with Crippen molar-refractivity contribution in [2.45, 2.75) is 39.4 Å². The molecule has 6 nitrogen and oxygen atoms in total. The van der Waals surface area contributed by atoms with Gasteiger partial charge < -0.3 is 19.0 Å². The minimum Gasteiger partial charge on any atom is -0.478 e. The molecule has 122 valence electrons. The van der Waals surface area contributed by atoms with Crippen LogP contribution in [0.1, 0.15) is 38.7 Å². The van der Waals surface area contributed by atoms with Crippen molar-refractivity contribution in [1.82, 2.24) is 4.98 Å². The van der Waals surface area contributed by atoms with E-state index in [0.717, 1.165) is 37.1 Å². The van der Waals surface area contributed by atoms with Crippen LogP contribution in [0.3, 0.4) is 0 Å². The lowest BCUT2D eigenvalue weighted by molar-refractivity contribution is -0.169. The van der Waals surface area contributed by atoms with Gasteiger partial charge in [0.1, 0.15) is 6.61 Å². The number of ether oxygens (including phenoxy) is 3. The standard InChI is InChI=1S/C16H24N2O4/c1-3-19-15-8-7-14(12-17-15)13(2)18-22-11-10-21-16-6-4-5-9-20-16/h7-8,12,16H,3-6,9-11H2,1-2H3. The maximum absolute atomic E-state index is 5.57. The van der Waals surface area contributed by atoms with Crippen LogP contribution in [0.4, 0.5) is 0 Å². The van der Waals surface area contributed by atoms with E-state index in [9.17, 15) is 0 Å². The average molecular weight is 308 g/mol. The Balaban J connectivity index is 1.68. The Morgan fingerprint density at radius 3 is 2.95 bits per heavy atom. The second kappa shape index (κ2) is 9.38. The Kier molecular flexibility index (Phi) is 7.12. The fourth-order valence-electron chi connectivity index (χ4n) is 2.08. The normalized spacial score (nSPS) is 19.0. The third-order valence-electron chi connectivity index (χ3n) is 3.26. The highest BCUT2D eigenvalue weighted by Gasteiger charge is 2.13. The van der Waals surface area contributed by atoms with Gasteiger partial charge in [-0.15, -0.1) is 0 Å². The molecule has 0 spiro atoms. The molecule has 22 heavy (non-hydrogen) atoms. The quantitative estimate of drug-likeness (QED) is 0.420. The van der Waals surface area contributed by atoms with E-state index in [-0.39, 0.29) is 6.29 Å². The number of hydrogen-bond acceptors (Lipinski definition) is 6. The minimum absolute atomic E-state index is 0.0854. The van der Waals surface area contributed by atoms with Crippen LogP contribution in [0.15, 0.2) is 23.5 Å². The second-order valence-electron chi connectivity index (χ2n) is 4.99. The first-order valence-corrected chi connectivity index (χ1v) is 7.78. The Morgan fingerprint density at radius 2 is 2.27 bits per heavy atom. The van der Waals surface area contributed by atoms with Gasteiger partial charge in [0.2, 0.25) is 5.88 Å². The maximum atomic E-state index is 5.57. The van der Waals surface area contributed by atoms with E-state index >= 15 is 0 Å². The van der Waals surface area contributed by atoms with Crippen LogP contribution in [-0.4, -0.2) is 43.4 Å². The summed E-state index contributed by atoms with van der Waals surface area (Å²) in [6.07, 6.45) is 4.88. The molecule has 1 aliphatic heterocycles. The van der Waals surface area contributed by atoms with Crippen molar-refractivity contribution in [3.05, 3.63) is 23.9 Å². The molecule has 1 atom stereocenters. The van der Waals surface area contributed by atoms with Gasteiger partial charge in [-0.3, -0.25) is 0 Å². The fourth-order valence-corrected chi connectivity index (χ4v) is 2.08. The summed E-state index contributed by atoms with van der Waals surface area (Å²) in [5.41, 5.74) is 1.67. The van der Waals surface area contributed by atoms with Crippen LogP contribution in [0.5, 0.6) is 5.88 Å². The van der Waals surface area contributed by atoms with E-state index in [2.05, 4.69) is 10.1 Å². The molecule has 0 aliphatic carbocycles. The van der Waals surface area contributed by atoms with Crippen LogP contribution in [-0.2, 0) is 14.3 Å². The van der Waals surface area contributed by atoms with Crippen molar-refractivity contribution in [2.75, 3.05) is 26.4 Å². The first-order chi connectivity index (χ1) is 10.8. The summed E-state index contributed by atoms with van der Waals surface area (Å²) in [6.45, 7) is 6.07. The monoisotopic (exact) mass is 308 g/mol. The molecular formula is C16H24N2O4. The first kappa shape index (κ1) is 16.7. The molecule has 2 rings (SSSR count). The molecule has 0 bridgehead atoms. The number of nitrogens with zero attached hydrogens (tertiary/aromatic N) is 2. The van der Waals surface area contributed by atoms with Crippen molar-refractivity contribution in [2.24, 2.45) is 5.16 Å². The highest BCUT2D eigenvalue weighted by molar-refractivity contribution is 5.98. The molecule has 2 heterocycles. The van der Waals surface area contributed by atoms with Crippen molar-refractivity contribution < 1.29 is 19.0 Å². The Labute approximate surface area is 131 Å². The Hall–Kier alpha value is -1.66. The van der Waals surface area contributed by atoms with Crippen LogP contribution in [0.2, 0.25) is 0 Å². The van der Waals surface area contributed by atoms with Gasteiger partial charge in [-0.05, 0) is 39.2 Å². The summed E-state index contributed by atoms with van der Waals surface area (Å²) in [5, 5.41) is 4.07.